The summed E-state index contributed by atoms with van der Waals surface area (Å²) in [6.45, 7) is 6.00. The summed E-state index contributed by atoms with van der Waals surface area (Å²) in [4.78, 5) is 24.7. The highest BCUT2D eigenvalue weighted by molar-refractivity contribution is 6.30. The van der Waals surface area contributed by atoms with E-state index in [1.807, 2.05) is 19.1 Å². The van der Waals surface area contributed by atoms with Gasteiger partial charge in [0.15, 0.2) is 11.5 Å². The van der Waals surface area contributed by atoms with Crippen LogP contribution in [0.4, 0.5) is 0 Å². The van der Waals surface area contributed by atoms with Gasteiger partial charge in [0.25, 0.3) is 0 Å². The van der Waals surface area contributed by atoms with E-state index in [0.717, 1.165) is 11.1 Å². The number of esters is 2. The molecule has 0 aromatic heterocycles. The fraction of sp³-hybridized carbons (Fsp3) is 0.440. The molecule has 34 heavy (non-hydrogen) atoms. The van der Waals surface area contributed by atoms with Crippen molar-refractivity contribution in [2.75, 3.05) is 19.8 Å². The van der Waals surface area contributed by atoms with Crippen LogP contribution in [0.5, 0.6) is 11.5 Å². The van der Waals surface area contributed by atoms with Crippen molar-refractivity contribution >= 4 is 23.5 Å². The lowest BCUT2D eigenvalue weighted by atomic mass is 10.0. The van der Waals surface area contributed by atoms with Crippen LogP contribution in [0.15, 0.2) is 42.5 Å². The smallest absolute Gasteiger partial charge is 0.351 e. The van der Waals surface area contributed by atoms with Crippen molar-refractivity contribution in [1.29, 1.82) is 0 Å². The fourth-order valence-corrected chi connectivity index (χ4v) is 3.83. The zero-order chi connectivity index (χ0) is 24.7. The number of aliphatic hydroxyl groups excluding tert-OH is 1. The van der Waals surface area contributed by atoms with E-state index in [-0.39, 0.29) is 19.3 Å². The van der Waals surface area contributed by atoms with E-state index in [9.17, 15) is 14.7 Å². The van der Waals surface area contributed by atoms with Gasteiger partial charge in [-0.2, -0.15) is 0 Å². The van der Waals surface area contributed by atoms with Crippen LogP contribution in [-0.4, -0.2) is 55.1 Å². The first-order valence-electron chi connectivity index (χ1n) is 11.3. The summed E-state index contributed by atoms with van der Waals surface area (Å²) < 4.78 is 21.7. The molecule has 0 spiro atoms. The average molecular weight is 492 g/mol. The van der Waals surface area contributed by atoms with Crippen LogP contribution in [0.3, 0.4) is 0 Å². The number of carbonyl (C=O) groups is 2. The first-order chi connectivity index (χ1) is 16.3. The first-order valence-corrected chi connectivity index (χ1v) is 11.7. The number of rotatable bonds is 10. The minimum Gasteiger partial charge on any atom is -0.470 e. The number of halogens is 1. The molecule has 2 aromatic carbocycles. The van der Waals surface area contributed by atoms with Crippen molar-refractivity contribution in [3.8, 4) is 11.5 Å². The minimum absolute atomic E-state index is 0.0320. The van der Waals surface area contributed by atoms with E-state index in [1.54, 1.807) is 44.2 Å². The van der Waals surface area contributed by atoms with Crippen LogP contribution in [0.2, 0.25) is 5.02 Å². The van der Waals surface area contributed by atoms with Crippen LogP contribution in [0, 0.1) is 0 Å². The van der Waals surface area contributed by atoms with Crippen LogP contribution < -0.4 is 14.8 Å². The van der Waals surface area contributed by atoms with Crippen molar-refractivity contribution in [3.05, 3.63) is 58.6 Å². The van der Waals surface area contributed by atoms with Gasteiger partial charge in [0.05, 0.1) is 19.3 Å². The third-order valence-electron chi connectivity index (χ3n) is 5.26. The molecule has 2 N–H and O–H groups in total. The van der Waals surface area contributed by atoms with E-state index in [2.05, 4.69) is 5.32 Å². The summed E-state index contributed by atoms with van der Waals surface area (Å²) >= 11 is 6.00. The van der Waals surface area contributed by atoms with Gasteiger partial charge in [-0.05, 0) is 62.6 Å². The molecule has 1 aliphatic rings. The third kappa shape index (κ3) is 6.62. The summed E-state index contributed by atoms with van der Waals surface area (Å²) in [6.07, 6.45) is -2.56. The molecule has 2 aromatic rings. The van der Waals surface area contributed by atoms with Gasteiger partial charge in [-0.1, -0.05) is 29.8 Å². The lowest BCUT2D eigenvalue weighted by Crippen LogP contribution is -2.51. The molecule has 0 aliphatic carbocycles. The lowest BCUT2D eigenvalue weighted by Gasteiger charge is -2.31. The summed E-state index contributed by atoms with van der Waals surface area (Å²) in [5.74, 6) is -0.686. The zero-order valence-corrected chi connectivity index (χ0v) is 20.2. The van der Waals surface area contributed by atoms with Crippen LogP contribution in [-0.2, 0) is 25.5 Å². The molecule has 8 nitrogen and oxygen atoms in total. The number of nitrogens with one attached hydrogen (secondary N) is 1. The SMILES string of the molecule is CCOC(=O)C1Oc2ccc(C[C@@H](C)NC[C@H](O)c3cccc(Cl)c3)cc2OC1C(=O)OCC. The molecule has 2 unspecified atom stereocenters. The predicted octanol–water partition coefficient (Wildman–Crippen LogP) is 3.23. The molecule has 0 saturated carbocycles. The molecule has 184 valence electrons. The Kier molecular flexibility index (Phi) is 9.15. The van der Waals surface area contributed by atoms with Gasteiger partial charge in [-0.25, -0.2) is 9.59 Å². The van der Waals surface area contributed by atoms with E-state index >= 15 is 0 Å². The molecular weight excluding hydrogens is 462 g/mol. The predicted molar refractivity (Wildman–Crippen MR) is 126 cm³/mol. The van der Waals surface area contributed by atoms with Crippen LogP contribution in [0.25, 0.3) is 0 Å². The summed E-state index contributed by atoms with van der Waals surface area (Å²) in [6, 6.07) is 12.5. The Morgan fingerprint density at radius 3 is 2.29 bits per heavy atom. The first kappa shape index (κ1) is 25.8. The van der Waals surface area contributed by atoms with Crippen molar-refractivity contribution in [3.63, 3.8) is 0 Å². The number of carbonyl (C=O) groups excluding carboxylic acids is 2. The normalized spacial score (nSPS) is 18.6. The molecule has 0 amide bonds. The van der Waals surface area contributed by atoms with E-state index in [0.29, 0.717) is 29.5 Å². The fourth-order valence-electron chi connectivity index (χ4n) is 3.63. The molecule has 1 aliphatic heterocycles. The Morgan fingerprint density at radius 1 is 1.03 bits per heavy atom. The highest BCUT2D eigenvalue weighted by Crippen LogP contribution is 2.36. The Hall–Kier alpha value is -2.81. The largest absolute Gasteiger partial charge is 0.470 e. The maximum absolute atomic E-state index is 12.4. The second kappa shape index (κ2) is 12.1. The molecule has 3 rings (SSSR count). The second-order valence-corrected chi connectivity index (χ2v) is 8.38. The number of fused-ring (bicyclic) bond motifs is 1. The highest BCUT2D eigenvalue weighted by atomic mass is 35.5. The van der Waals surface area contributed by atoms with E-state index in [4.69, 9.17) is 30.5 Å². The highest BCUT2D eigenvalue weighted by Gasteiger charge is 2.44. The summed E-state index contributed by atoms with van der Waals surface area (Å²) in [5.41, 5.74) is 1.67. The molecular formula is C25H30ClNO7. The van der Waals surface area contributed by atoms with Crippen LogP contribution in [0.1, 0.15) is 38.0 Å². The molecule has 0 saturated heterocycles. The number of benzene rings is 2. The third-order valence-corrected chi connectivity index (χ3v) is 5.50. The Labute approximate surface area is 204 Å². The second-order valence-electron chi connectivity index (χ2n) is 7.95. The number of aliphatic hydroxyl groups is 1. The Bertz CT molecular complexity index is 999. The molecule has 0 radical (unpaired) electrons. The number of ether oxygens (including phenoxy) is 4. The standard InChI is InChI=1S/C25H30ClNO7/c1-4-31-24(29)22-23(25(30)32-5-2)34-21-12-16(9-10-20(21)33-22)11-15(3)27-14-19(28)17-7-6-8-18(26)13-17/h6-10,12-13,15,19,22-23,27-28H,4-5,11,14H2,1-3H3/t15-,19+,22?,23?/m1/s1. The van der Waals surface area contributed by atoms with E-state index < -0.39 is 30.3 Å². The van der Waals surface area contributed by atoms with Crippen LogP contribution >= 0.6 is 11.6 Å². The van der Waals surface area contributed by atoms with Crippen molar-refractivity contribution in [2.45, 2.75) is 51.5 Å². The molecule has 1 heterocycles. The van der Waals surface area contributed by atoms with Gasteiger partial charge in [-0.3, -0.25) is 0 Å². The number of hydrogen-bond acceptors (Lipinski definition) is 8. The van der Waals surface area contributed by atoms with Crippen molar-refractivity contribution in [2.24, 2.45) is 0 Å². The van der Waals surface area contributed by atoms with Gasteiger partial charge >= 0.3 is 11.9 Å². The maximum atomic E-state index is 12.4. The summed E-state index contributed by atoms with van der Waals surface area (Å²) in [5, 5.41) is 14.3. The quantitative estimate of drug-likeness (QED) is 0.488. The number of hydrogen-bond donors (Lipinski definition) is 2. The molecule has 0 bridgehead atoms. The Balaban J connectivity index is 1.65. The topological polar surface area (TPSA) is 103 Å². The Morgan fingerprint density at radius 2 is 1.68 bits per heavy atom. The van der Waals surface area contributed by atoms with Gasteiger partial charge in [0, 0.05) is 17.6 Å². The molecule has 4 atom stereocenters. The zero-order valence-electron chi connectivity index (χ0n) is 19.5. The lowest BCUT2D eigenvalue weighted by molar-refractivity contribution is -0.171. The van der Waals surface area contributed by atoms with Gasteiger partial charge in [0.1, 0.15) is 0 Å². The molecule has 9 heteroatoms. The van der Waals surface area contributed by atoms with Gasteiger partial charge in [-0.15, -0.1) is 0 Å². The van der Waals surface area contributed by atoms with E-state index in [1.165, 1.54) is 0 Å². The molecule has 0 fully saturated rings. The summed E-state index contributed by atoms with van der Waals surface area (Å²) in [7, 11) is 0. The van der Waals surface area contributed by atoms with Crippen molar-refractivity contribution in [1.82, 2.24) is 5.32 Å². The monoisotopic (exact) mass is 491 g/mol. The maximum Gasteiger partial charge on any atom is 0.351 e. The van der Waals surface area contributed by atoms with Gasteiger partial charge in [0.2, 0.25) is 12.2 Å². The van der Waals surface area contributed by atoms with Gasteiger partial charge < -0.3 is 29.4 Å². The van der Waals surface area contributed by atoms with Crippen molar-refractivity contribution < 1.29 is 33.6 Å². The average Bonchev–Trinajstić information content (AvgIpc) is 2.82. The minimum atomic E-state index is -1.26.